The molecule has 0 aromatic heterocycles. The van der Waals surface area contributed by atoms with E-state index in [0.29, 0.717) is 11.3 Å². The molecule has 0 unspecified atom stereocenters. The van der Waals surface area contributed by atoms with Crippen LogP contribution in [0.5, 0.6) is 5.75 Å². The Labute approximate surface area is 114 Å². The summed E-state index contributed by atoms with van der Waals surface area (Å²) in [4.78, 5) is 0. The average molecular weight is 193 g/mol. The summed E-state index contributed by atoms with van der Waals surface area (Å²) in [6.07, 6.45) is 0. The standard InChI is InChI=1S/C8H9FNO.K/c1-11-7-2-3-8(9)6(4-7)5-10;/h2-4,10H,5H2,1H3;/q-1;+1. The Morgan fingerprint density at radius 1 is 1.50 bits per heavy atom. The van der Waals surface area contributed by atoms with Gasteiger partial charge in [-0.05, 0) is 23.8 Å². The van der Waals surface area contributed by atoms with E-state index in [9.17, 15) is 4.39 Å². The van der Waals surface area contributed by atoms with Crippen molar-refractivity contribution in [2.24, 2.45) is 0 Å². The van der Waals surface area contributed by atoms with Crippen molar-refractivity contribution in [1.82, 2.24) is 0 Å². The van der Waals surface area contributed by atoms with Crippen molar-refractivity contribution in [2.75, 3.05) is 7.11 Å². The summed E-state index contributed by atoms with van der Waals surface area (Å²) in [6, 6.07) is 4.37. The maximum Gasteiger partial charge on any atom is 1.00 e. The third kappa shape index (κ3) is 3.12. The molecule has 0 aliphatic heterocycles. The number of halogens is 1. The Hall–Kier alpha value is 0.546. The van der Waals surface area contributed by atoms with Crippen molar-refractivity contribution < 1.29 is 60.5 Å². The molecule has 0 fully saturated rings. The van der Waals surface area contributed by atoms with Crippen LogP contribution in [0.4, 0.5) is 4.39 Å². The summed E-state index contributed by atoms with van der Waals surface area (Å²) < 4.78 is 17.6. The second kappa shape index (κ2) is 6.07. The molecular weight excluding hydrogens is 184 g/mol. The van der Waals surface area contributed by atoms with E-state index in [1.165, 1.54) is 25.3 Å². The zero-order valence-corrected chi connectivity index (χ0v) is 10.3. The van der Waals surface area contributed by atoms with E-state index in [4.69, 9.17) is 10.5 Å². The largest absolute Gasteiger partial charge is 1.00 e. The first-order chi connectivity index (χ1) is 5.27. The van der Waals surface area contributed by atoms with Gasteiger partial charge in [-0.3, -0.25) is 0 Å². The van der Waals surface area contributed by atoms with Crippen LogP contribution >= 0.6 is 0 Å². The third-order valence-corrected chi connectivity index (χ3v) is 1.44. The number of methoxy groups -OCH3 is 1. The van der Waals surface area contributed by atoms with Gasteiger partial charge >= 0.3 is 51.4 Å². The van der Waals surface area contributed by atoms with Crippen LogP contribution in [-0.4, -0.2) is 7.11 Å². The van der Waals surface area contributed by atoms with Gasteiger partial charge in [0, 0.05) is 0 Å². The first-order valence-corrected chi connectivity index (χ1v) is 3.25. The minimum absolute atomic E-state index is 0. The van der Waals surface area contributed by atoms with Crippen LogP contribution in [0.2, 0.25) is 0 Å². The molecule has 0 spiro atoms. The van der Waals surface area contributed by atoms with E-state index < -0.39 is 0 Å². The van der Waals surface area contributed by atoms with E-state index in [0.717, 1.165) is 0 Å². The molecule has 60 valence electrons. The van der Waals surface area contributed by atoms with Gasteiger partial charge in [-0.25, -0.2) is 4.39 Å². The van der Waals surface area contributed by atoms with Crippen molar-refractivity contribution in [3.05, 3.63) is 35.3 Å². The van der Waals surface area contributed by atoms with Crippen molar-refractivity contribution in [1.29, 1.82) is 0 Å². The molecular formula is C8H9FKNO. The van der Waals surface area contributed by atoms with Gasteiger partial charge in [-0.1, -0.05) is 0 Å². The summed E-state index contributed by atoms with van der Waals surface area (Å²) in [5.74, 6) is 0.245. The second-order valence-electron chi connectivity index (χ2n) is 2.13. The topological polar surface area (TPSA) is 33.0 Å². The molecule has 1 aromatic rings. The van der Waals surface area contributed by atoms with Crippen molar-refractivity contribution >= 4 is 0 Å². The maximum absolute atomic E-state index is 12.7. The SMILES string of the molecule is COc1ccc(F)c(C[NH-])c1.[K+]. The molecule has 0 aliphatic carbocycles. The molecule has 2 nitrogen and oxygen atoms in total. The van der Waals surface area contributed by atoms with Gasteiger partial charge in [0.1, 0.15) is 11.6 Å². The average Bonchev–Trinajstić information content (AvgIpc) is 2.05. The van der Waals surface area contributed by atoms with E-state index in [1.54, 1.807) is 0 Å². The summed E-state index contributed by atoms with van der Waals surface area (Å²) >= 11 is 0. The van der Waals surface area contributed by atoms with Crippen LogP contribution in [0.15, 0.2) is 18.2 Å². The minimum atomic E-state index is -0.346. The molecule has 0 saturated heterocycles. The maximum atomic E-state index is 12.7. The van der Waals surface area contributed by atoms with E-state index in [1.807, 2.05) is 0 Å². The predicted molar refractivity (Wildman–Crippen MR) is 41.0 cm³/mol. The van der Waals surface area contributed by atoms with Crippen LogP contribution in [0.1, 0.15) is 5.56 Å². The molecule has 0 heterocycles. The normalized spacial score (nSPS) is 8.92. The number of hydrogen-bond acceptors (Lipinski definition) is 1. The Morgan fingerprint density at radius 3 is 2.67 bits per heavy atom. The number of rotatable bonds is 2. The molecule has 0 bridgehead atoms. The zero-order valence-electron chi connectivity index (χ0n) is 7.23. The van der Waals surface area contributed by atoms with Crippen molar-refractivity contribution in [3.8, 4) is 5.75 Å². The van der Waals surface area contributed by atoms with Gasteiger partial charge in [-0.2, -0.15) is 0 Å². The van der Waals surface area contributed by atoms with Gasteiger partial charge < -0.3 is 10.5 Å². The van der Waals surface area contributed by atoms with E-state index in [2.05, 4.69) is 0 Å². The van der Waals surface area contributed by atoms with Gasteiger partial charge in [-0.15, -0.1) is 6.54 Å². The predicted octanol–water partition coefficient (Wildman–Crippen LogP) is -0.610. The molecule has 0 radical (unpaired) electrons. The summed E-state index contributed by atoms with van der Waals surface area (Å²) in [7, 11) is 1.51. The van der Waals surface area contributed by atoms with E-state index >= 15 is 0 Å². The number of nitrogens with one attached hydrogen (secondary N) is 1. The van der Waals surface area contributed by atoms with Crippen LogP contribution in [0.25, 0.3) is 5.73 Å². The summed E-state index contributed by atoms with van der Waals surface area (Å²) in [5, 5.41) is 0. The monoisotopic (exact) mass is 193 g/mol. The van der Waals surface area contributed by atoms with Gasteiger partial charge in [0.05, 0.1) is 7.11 Å². The first-order valence-electron chi connectivity index (χ1n) is 3.25. The fraction of sp³-hybridized carbons (Fsp3) is 0.250. The second-order valence-corrected chi connectivity index (χ2v) is 2.13. The minimum Gasteiger partial charge on any atom is -0.674 e. The Kier molecular flexibility index (Phi) is 6.35. The smallest absolute Gasteiger partial charge is 0.674 e. The molecule has 1 aromatic carbocycles. The molecule has 1 N–H and O–H groups in total. The molecule has 4 heteroatoms. The summed E-state index contributed by atoms with van der Waals surface area (Å²) in [6.45, 7) is -0.0525. The van der Waals surface area contributed by atoms with E-state index in [-0.39, 0.29) is 63.7 Å². The third-order valence-electron chi connectivity index (χ3n) is 1.44. The molecule has 0 amide bonds. The molecule has 1 rings (SSSR count). The number of benzene rings is 1. The Balaban J connectivity index is 0.00000121. The number of hydrogen-bond donors (Lipinski definition) is 0. The summed E-state index contributed by atoms with van der Waals surface area (Å²) in [5.41, 5.74) is 7.33. The Bertz CT molecular complexity index is 255. The fourth-order valence-electron chi connectivity index (χ4n) is 0.814. The van der Waals surface area contributed by atoms with Gasteiger partial charge in [0.15, 0.2) is 0 Å². The zero-order chi connectivity index (χ0) is 8.27. The Morgan fingerprint density at radius 2 is 2.17 bits per heavy atom. The first kappa shape index (κ1) is 12.5. The van der Waals surface area contributed by atoms with Gasteiger partial charge in [0.25, 0.3) is 0 Å². The van der Waals surface area contributed by atoms with Crippen molar-refractivity contribution in [2.45, 2.75) is 6.54 Å². The van der Waals surface area contributed by atoms with Crippen LogP contribution in [0, 0.1) is 5.82 Å². The molecule has 0 saturated carbocycles. The number of ether oxygens (including phenoxy) is 1. The van der Waals surface area contributed by atoms with Gasteiger partial charge in [0.2, 0.25) is 0 Å². The van der Waals surface area contributed by atoms with Crippen LogP contribution < -0.4 is 56.1 Å². The van der Waals surface area contributed by atoms with Crippen LogP contribution in [0.3, 0.4) is 0 Å². The molecule has 0 aliphatic rings. The molecule has 0 atom stereocenters. The quantitative estimate of drug-likeness (QED) is 0.577. The van der Waals surface area contributed by atoms with Crippen LogP contribution in [-0.2, 0) is 6.54 Å². The fourth-order valence-corrected chi connectivity index (χ4v) is 0.814. The molecule has 12 heavy (non-hydrogen) atoms. The van der Waals surface area contributed by atoms with Crippen molar-refractivity contribution in [3.63, 3.8) is 0 Å².